The summed E-state index contributed by atoms with van der Waals surface area (Å²) in [5.74, 6) is 1.07. The fourth-order valence-corrected chi connectivity index (χ4v) is 4.53. The number of hydrogen-bond donors (Lipinski definition) is 1. The number of benzene rings is 2. The van der Waals surface area contributed by atoms with Crippen molar-refractivity contribution in [3.05, 3.63) is 87.1 Å². The molecule has 29 heavy (non-hydrogen) atoms. The zero-order valence-corrected chi connectivity index (χ0v) is 19.2. The van der Waals surface area contributed by atoms with E-state index in [9.17, 15) is 4.79 Å². The maximum atomic E-state index is 12.1. The van der Waals surface area contributed by atoms with Crippen LogP contribution >= 0.6 is 27.7 Å². The molecule has 1 heterocycles. The van der Waals surface area contributed by atoms with Crippen molar-refractivity contribution >= 4 is 39.8 Å². The molecule has 1 aromatic heterocycles. The van der Waals surface area contributed by atoms with E-state index in [4.69, 9.17) is 0 Å². The lowest BCUT2D eigenvalue weighted by molar-refractivity contribution is -0.118. The number of thioether (sulfide) groups is 1. The van der Waals surface area contributed by atoms with Crippen LogP contribution in [0.3, 0.4) is 0 Å². The Labute approximate surface area is 184 Å². The van der Waals surface area contributed by atoms with Gasteiger partial charge in [-0.25, -0.2) is 5.43 Å². The molecule has 0 aliphatic carbocycles. The van der Waals surface area contributed by atoms with Crippen molar-refractivity contribution < 1.29 is 4.79 Å². The molecular formula is C23H24BrN3OS. The molecule has 0 bridgehead atoms. The summed E-state index contributed by atoms with van der Waals surface area (Å²) in [4.78, 5) is 12.1. The van der Waals surface area contributed by atoms with Crippen molar-refractivity contribution in [3.63, 3.8) is 0 Å². The predicted molar refractivity (Wildman–Crippen MR) is 126 cm³/mol. The quantitative estimate of drug-likeness (QED) is 0.364. The van der Waals surface area contributed by atoms with Gasteiger partial charge in [0.1, 0.15) is 0 Å². The van der Waals surface area contributed by atoms with Gasteiger partial charge < -0.3 is 4.57 Å². The first-order chi connectivity index (χ1) is 14.0. The highest BCUT2D eigenvalue weighted by atomic mass is 79.9. The number of para-hydroxylation sites is 1. The highest BCUT2D eigenvalue weighted by Gasteiger charge is 2.16. The van der Waals surface area contributed by atoms with Crippen LogP contribution < -0.4 is 5.43 Å². The molecule has 0 unspecified atom stereocenters. The smallest absolute Gasteiger partial charge is 0.250 e. The molecule has 4 nitrogen and oxygen atoms in total. The average Bonchev–Trinajstić information content (AvgIpc) is 2.92. The van der Waals surface area contributed by atoms with Crippen molar-refractivity contribution in [2.24, 2.45) is 5.10 Å². The van der Waals surface area contributed by atoms with E-state index in [0.29, 0.717) is 5.75 Å². The van der Waals surface area contributed by atoms with E-state index in [1.807, 2.05) is 30.3 Å². The Morgan fingerprint density at radius 3 is 2.48 bits per heavy atom. The van der Waals surface area contributed by atoms with Crippen LogP contribution in [0.4, 0.5) is 0 Å². The van der Waals surface area contributed by atoms with Gasteiger partial charge in [0.2, 0.25) is 5.91 Å². The van der Waals surface area contributed by atoms with Crippen molar-refractivity contribution in [1.29, 1.82) is 0 Å². The zero-order valence-electron chi connectivity index (χ0n) is 16.8. The molecule has 0 saturated carbocycles. The molecule has 1 amide bonds. The first-order valence-corrected chi connectivity index (χ1v) is 11.3. The molecule has 0 aliphatic heterocycles. The van der Waals surface area contributed by atoms with E-state index in [1.165, 1.54) is 11.1 Å². The third kappa shape index (κ3) is 5.19. The van der Waals surface area contributed by atoms with Crippen LogP contribution in [-0.2, 0) is 10.5 Å². The van der Waals surface area contributed by atoms with Crippen molar-refractivity contribution in [1.82, 2.24) is 9.99 Å². The summed E-state index contributed by atoms with van der Waals surface area (Å²) < 4.78 is 3.19. The average molecular weight is 470 g/mol. The molecule has 0 saturated heterocycles. The second-order valence-electron chi connectivity index (χ2n) is 6.79. The molecule has 6 heteroatoms. The van der Waals surface area contributed by atoms with Crippen LogP contribution in [0, 0.1) is 20.8 Å². The minimum absolute atomic E-state index is 0.106. The number of halogens is 1. The molecule has 0 atom stereocenters. The Hall–Kier alpha value is -2.31. The summed E-state index contributed by atoms with van der Waals surface area (Å²) >= 11 is 5.25. The Bertz CT molecular complexity index is 1030. The van der Waals surface area contributed by atoms with E-state index in [2.05, 4.69) is 76.1 Å². The van der Waals surface area contributed by atoms with Gasteiger partial charge in [0, 0.05) is 32.9 Å². The van der Waals surface area contributed by atoms with E-state index in [0.717, 1.165) is 32.9 Å². The predicted octanol–water partition coefficient (Wildman–Crippen LogP) is 5.55. The normalized spacial score (nSPS) is 11.2. The number of aryl methyl sites for hydroxylation is 1. The molecule has 3 rings (SSSR count). The van der Waals surface area contributed by atoms with E-state index >= 15 is 0 Å². The van der Waals surface area contributed by atoms with Gasteiger partial charge in [0.05, 0.1) is 12.0 Å². The fourth-order valence-electron chi connectivity index (χ4n) is 3.19. The summed E-state index contributed by atoms with van der Waals surface area (Å²) in [7, 11) is 0. The SMILES string of the molecule is Cc1ccccc1-n1c(C)c(Br)c(/C=N\NC(=O)CSCc2ccccc2)c1C. The number of carbonyl (C=O) groups is 1. The second kappa shape index (κ2) is 9.94. The number of rotatable bonds is 7. The van der Waals surface area contributed by atoms with Gasteiger partial charge in [-0.3, -0.25) is 4.79 Å². The maximum Gasteiger partial charge on any atom is 0.250 e. The first kappa shape index (κ1) is 21.4. The zero-order chi connectivity index (χ0) is 20.8. The Balaban J connectivity index is 1.64. The third-order valence-electron chi connectivity index (χ3n) is 4.70. The topological polar surface area (TPSA) is 46.4 Å². The molecule has 3 aromatic rings. The molecule has 1 N–H and O–H groups in total. The van der Waals surface area contributed by atoms with Gasteiger partial charge in [0.25, 0.3) is 0 Å². The van der Waals surface area contributed by atoms with Crippen molar-refractivity contribution in [2.45, 2.75) is 26.5 Å². The third-order valence-corrected chi connectivity index (χ3v) is 6.70. The molecule has 0 fully saturated rings. The largest absolute Gasteiger partial charge is 0.316 e. The summed E-state index contributed by atoms with van der Waals surface area (Å²) in [5, 5.41) is 4.18. The first-order valence-electron chi connectivity index (χ1n) is 9.36. The lowest BCUT2D eigenvalue weighted by Gasteiger charge is -2.12. The van der Waals surface area contributed by atoms with E-state index in [-0.39, 0.29) is 5.91 Å². The number of hydrogen-bond acceptors (Lipinski definition) is 3. The second-order valence-corrected chi connectivity index (χ2v) is 8.57. The van der Waals surface area contributed by atoms with E-state index < -0.39 is 0 Å². The molecule has 0 radical (unpaired) electrons. The van der Waals surface area contributed by atoms with E-state index in [1.54, 1.807) is 18.0 Å². The van der Waals surface area contributed by atoms with Crippen LogP contribution in [0.2, 0.25) is 0 Å². The highest BCUT2D eigenvalue weighted by Crippen LogP contribution is 2.30. The van der Waals surface area contributed by atoms with Gasteiger partial charge >= 0.3 is 0 Å². The Kier molecular flexibility index (Phi) is 7.34. The maximum absolute atomic E-state index is 12.1. The van der Waals surface area contributed by atoms with Gasteiger partial charge in [-0.2, -0.15) is 5.10 Å². The number of carbonyl (C=O) groups excluding carboxylic acids is 1. The summed E-state index contributed by atoms with van der Waals surface area (Å²) in [5.41, 5.74) is 9.32. The number of nitrogens with one attached hydrogen (secondary N) is 1. The van der Waals surface area contributed by atoms with Gasteiger partial charge in [0.15, 0.2) is 0 Å². The van der Waals surface area contributed by atoms with Crippen molar-refractivity contribution in [3.8, 4) is 5.69 Å². The summed E-state index contributed by atoms with van der Waals surface area (Å²) in [6.07, 6.45) is 1.71. The van der Waals surface area contributed by atoms with Gasteiger partial charge in [-0.05, 0) is 53.9 Å². The van der Waals surface area contributed by atoms with Crippen LogP contribution in [-0.4, -0.2) is 22.4 Å². The fraction of sp³-hybridized carbons (Fsp3) is 0.217. The molecule has 0 aliphatic rings. The number of nitrogens with zero attached hydrogens (tertiary/aromatic N) is 2. The molecular weight excluding hydrogens is 446 g/mol. The van der Waals surface area contributed by atoms with Crippen molar-refractivity contribution in [2.75, 3.05) is 5.75 Å². The monoisotopic (exact) mass is 469 g/mol. The standard InChI is InChI=1S/C23H24BrN3OS/c1-16-9-7-8-12-21(16)27-17(2)20(23(24)18(27)3)13-25-26-22(28)15-29-14-19-10-5-4-6-11-19/h4-13H,14-15H2,1-3H3,(H,26,28)/b25-13-. The molecule has 0 spiro atoms. The lowest BCUT2D eigenvalue weighted by atomic mass is 10.2. The van der Waals surface area contributed by atoms with Gasteiger partial charge in [-0.1, -0.05) is 48.5 Å². The van der Waals surface area contributed by atoms with Crippen LogP contribution in [0.15, 0.2) is 64.2 Å². The van der Waals surface area contributed by atoms with Gasteiger partial charge in [-0.15, -0.1) is 11.8 Å². The highest BCUT2D eigenvalue weighted by molar-refractivity contribution is 9.10. The minimum atomic E-state index is -0.106. The Morgan fingerprint density at radius 2 is 1.76 bits per heavy atom. The minimum Gasteiger partial charge on any atom is -0.316 e. The summed E-state index contributed by atoms with van der Waals surface area (Å²) in [6, 6.07) is 18.4. The molecule has 150 valence electrons. The van der Waals surface area contributed by atoms with Crippen LogP contribution in [0.25, 0.3) is 5.69 Å². The Morgan fingerprint density at radius 1 is 1.07 bits per heavy atom. The lowest BCUT2D eigenvalue weighted by Crippen LogP contribution is -2.19. The van der Waals surface area contributed by atoms with Crippen LogP contribution in [0.1, 0.15) is 28.1 Å². The summed E-state index contributed by atoms with van der Waals surface area (Å²) in [6.45, 7) is 6.23. The van der Waals surface area contributed by atoms with Crippen LogP contribution in [0.5, 0.6) is 0 Å². The number of amides is 1. The number of aromatic nitrogens is 1. The number of hydrazone groups is 1. The molecule has 2 aromatic carbocycles.